The van der Waals surface area contributed by atoms with E-state index in [1.54, 1.807) is 0 Å². The fourth-order valence-corrected chi connectivity index (χ4v) is 1.61. The summed E-state index contributed by atoms with van der Waals surface area (Å²) in [4.78, 5) is 1.44. The standard InChI is InChI=1S/C7H3F12N3O/c8-4(9,10)2(5(11,12)13)1(22-20)21-3(23-2,6(14,15)16)7(17,18)19/h20H2,(H,21,22). The summed E-state index contributed by atoms with van der Waals surface area (Å²) >= 11 is 0. The summed E-state index contributed by atoms with van der Waals surface area (Å²) in [5.74, 6) is 1.28. The van der Waals surface area contributed by atoms with Gasteiger partial charge in [0.1, 0.15) is 0 Å². The number of hydrazine groups is 1. The SMILES string of the molecule is NNC1=NC(C(F)(F)F)(C(F)(F)F)OC1(C(F)(F)F)C(F)(F)F. The lowest BCUT2D eigenvalue weighted by atomic mass is 10.0. The second-order valence-corrected chi connectivity index (χ2v) is 4.02. The molecular formula is C7H3F12N3O. The molecule has 0 atom stereocenters. The number of hydrogen-bond donors (Lipinski definition) is 2. The van der Waals surface area contributed by atoms with Gasteiger partial charge < -0.3 is 10.2 Å². The molecule has 0 fully saturated rings. The normalized spacial score (nSPS) is 22.0. The monoisotopic (exact) mass is 373 g/mol. The maximum Gasteiger partial charge on any atom is 0.448 e. The second-order valence-electron chi connectivity index (χ2n) is 4.02. The van der Waals surface area contributed by atoms with Gasteiger partial charge in [-0.3, -0.25) is 0 Å². The van der Waals surface area contributed by atoms with Gasteiger partial charge >= 0.3 is 36.0 Å². The zero-order valence-corrected chi connectivity index (χ0v) is 9.97. The fraction of sp³-hybridized carbons (Fsp3) is 0.857. The van der Waals surface area contributed by atoms with Crippen molar-refractivity contribution in [3.05, 3.63) is 0 Å². The molecule has 23 heavy (non-hydrogen) atoms. The molecule has 0 spiro atoms. The van der Waals surface area contributed by atoms with Crippen molar-refractivity contribution >= 4 is 5.84 Å². The van der Waals surface area contributed by atoms with Crippen LogP contribution in [-0.4, -0.2) is 41.9 Å². The average molecular weight is 373 g/mol. The molecule has 0 aliphatic carbocycles. The van der Waals surface area contributed by atoms with E-state index >= 15 is 0 Å². The van der Waals surface area contributed by atoms with Gasteiger partial charge in [-0.15, -0.1) is 0 Å². The second kappa shape index (κ2) is 4.78. The molecule has 0 amide bonds. The van der Waals surface area contributed by atoms with Gasteiger partial charge in [-0.1, -0.05) is 0 Å². The number of amidine groups is 1. The molecule has 0 unspecified atom stereocenters. The van der Waals surface area contributed by atoms with E-state index in [0.29, 0.717) is 5.43 Å². The molecule has 0 saturated heterocycles. The Kier molecular flexibility index (Phi) is 4.07. The number of hydrogen-bond acceptors (Lipinski definition) is 4. The van der Waals surface area contributed by atoms with Crippen molar-refractivity contribution in [2.45, 2.75) is 36.0 Å². The van der Waals surface area contributed by atoms with E-state index in [4.69, 9.17) is 0 Å². The minimum atomic E-state index is -6.80. The highest BCUT2D eigenvalue weighted by Crippen LogP contribution is 2.59. The van der Waals surface area contributed by atoms with Gasteiger partial charge in [-0.05, 0) is 0 Å². The van der Waals surface area contributed by atoms with Crippen molar-refractivity contribution in [2.24, 2.45) is 10.8 Å². The molecule has 1 aliphatic rings. The van der Waals surface area contributed by atoms with Gasteiger partial charge in [0.2, 0.25) is 0 Å². The van der Waals surface area contributed by atoms with Crippen molar-refractivity contribution in [1.29, 1.82) is 0 Å². The molecule has 3 N–H and O–H groups in total. The molecule has 0 aromatic carbocycles. The molecule has 1 rings (SSSR count). The van der Waals surface area contributed by atoms with E-state index in [1.165, 1.54) is 4.99 Å². The van der Waals surface area contributed by atoms with E-state index in [0.717, 1.165) is 0 Å². The Balaban J connectivity index is 3.81. The summed E-state index contributed by atoms with van der Waals surface area (Å²) in [7, 11) is 0. The fourth-order valence-electron chi connectivity index (χ4n) is 1.61. The quantitative estimate of drug-likeness (QED) is 0.390. The molecular weight excluding hydrogens is 370 g/mol. The predicted molar refractivity (Wildman–Crippen MR) is 45.5 cm³/mol. The molecule has 4 nitrogen and oxygen atoms in total. The zero-order valence-electron chi connectivity index (χ0n) is 9.97. The van der Waals surface area contributed by atoms with Crippen LogP contribution in [0.4, 0.5) is 52.7 Å². The van der Waals surface area contributed by atoms with Crippen LogP contribution in [0.25, 0.3) is 0 Å². The smallest absolute Gasteiger partial charge is 0.309 e. The zero-order chi connectivity index (χ0) is 18.7. The van der Waals surface area contributed by atoms with Crippen LogP contribution in [-0.2, 0) is 4.74 Å². The third kappa shape index (κ3) is 2.47. The van der Waals surface area contributed by atoms with Gasteiger partial charge in [0.15, 0.2) is 5.84 Å². The van der Waals surface area contributed by atoms with E-state index in [1.807, 2.05) is 0 Å². The van der Waals surface area contributed by atoms with Crippen LogP contribution in [0.2, 0.25) is 0 Å². The minimum absolute atomic E-state index is 0.452. The van der Waals surface area contributed by atoms with Gasteiger partial charge in [0, 0.05) is 0 Å². The van der Waals surface area contributed by atoms with E-state index in [9.17, 15) is 52.7 Å². The molecule has 0 bridgehead atoms. The van der Waals surface area contributed by atoms with E-state index in [-0.39, 0.29) is 0 Å². The van der Waals surface area contributed by atoms with E-state index < -0.39 is 41.9 Å². The summed E-state index contributed by atoms with van der Waals surface area (Å²) < 4.78 is 154. The minimum Gasteiger partial charge on any atom is -0.309 e. The number of aliphatic imine (C=N–C) groups is 1. The largest absolute Gasteiger partial charge is 0.448 e. The van der Waals surface area contributed by atoms with Crippen molar-refractivity contribution in [2.75, 3.05) is 0 Å². The van der Waals surface area contributed by atoms with Crippen LogP contribution >= 0.6 is 0 Å². The van der Waals surface area contributed by atoms with Gasteiger partial charge in [-0.25, -0.2) is 10.8 Å². The molecule has 0 saturated carbocycles. The number of nitrogens with zero attached hydrogens (tertiary/aromatic N) is 1. The van der Waals surface area contributed by atoms with Crippen LogP contribution in [0.3, 0.4) is 0 Å². The Bertz CT molecular complexity index is 469. The predicted octanol–water partition coefficient (Wildman–Crippen LogP) is 2.56. The van der Waals surface area contributed by atoms with Crippen LogP contribution in [0.1, 0.15) is 0 Å². The Morgan fingerprint density at radius 1 is 0.739 bits per heavy atom. The van der Waals surface area contributed by atoms with Gasteiger partial charge in [0.25, 0.3) is 0 Å². The van der Waals surface area contributed by atoms with Crippen LogP contribution in [0.15, 0.2) is 4.99 Å². The maximum absolute atomic E-state index is 12.7. The topological polar surface area (TPSA) is 59.6 Å². The van der Waals surface area contributed by atoms with Crippen LogP contribution in [0.5, 0.6) is 0 Å². The molecule has 136 valence electrons. The third-order valence-corrected chi connectivity index (χ3v) is 2.61. The van der Waals surface area contributed by atoms with Crippen molar-refractivity contribution in [3.63, 3.8) is 0 Å². The van der Waals surface area contributed by atoms with Crippen molar-refractivity contribution < 1.29 is 57.4 Å². The highest BCUT2D eigenvalue weighted by molar-refractivity contribution is 5.94. The molecule has 1 heterocycles. The highest BCUT2D eigenvalue weighted by atomic mass is 19.4. The summed E-state index contributed by atoms with van der Waals surface area (Å²) in [6.07, 6.45) is -27.2. The van der Waals surface area contributed by atoms with Crippen LogP contribution < -0.4 is 11.3 Å². The number of nitrogens with one attached hydrogen (secondary N) is 1. The Morgan fingerprint density at radius 3 is 1.26 bits per heavy atom. The third-order valence-electron chi connectivity index (χ3n) is 2.61. The average Bonchev–Trinajstić information content (AvgIpc) is 2.63. The number of nitrogens with two attached hydrogens (primary N) is 1. The lowest BCUT2D eigenvalue weighted by Gasteiger charge is -2.37. The first-order valence-corrected chi connectivity index (χ1v) is 4.91. The lowest BCUT2D eigenvalue weighted by molar-refractivity contribution is -0.438. The number of alkyl halides is 12. The Labute approximate surface area is 117 Å². The first-order chi connectivity index (χ1) is 9.87. The molecule has 16 heteroatoms. The maximum atomic E-state index is 12.7. The van der Waals surface area contributed by atoms with Crippen LogP contribution in [0, 0.1) is 0 Å². The first kappa shape index (κ1) is 19.6. The van der Waals surface area contributed by atoms with E-state index in [2.05, 4.69) is 10.6 Å². The summed E-state index contributed by atoms with van der Waals surface area (Å²) in [5, 5.41) is 0. The lowest BCUT2D eigenvalue weighted by Crippen LogP contribution is -2.69. The molecule has 0 radical (unpaired) electrons. The highest BCUT2D eigenvalue weighted by Gasteiger charge is 2.88. The summed E-state index contributed by atoms with van der Waals surface area (Å²) in [6.45, 7) is 0. The van der Waals surface area contributed by atoms with Gasteiger partial charge in [-0.2, -0.15) is 52.7 Å². The van der Waals surface area contributed by atoms with Crippen molar-refractivity contribution in [1.82, 2.24) is 5.43 Å². The number of halogens is 12. The van der Waals surface area contributed by atoms with Gasteiger partial charge in [0.05, 0.1) is 0 Å². The number of rotatable bonds is 0. The molecule has 1 aliphatic heterocycles. The Hall–Kier alpha value is -1.45. The summed E-state index contributed by atoms with van der Waals surface area (Å²) in [6, 6.07) is 0. The first-order valence-electron chi connectivity index (χ1n) is 4.91. The van der Waals surface area contributed by atoms with Crippen molar-refractivity contribution in [3.8, 4) is 0 Å². The molecule has 0 aromatic rings. The Morgan fingerprint density at radius 2 is 1.09 bits per heavy atom. The number of ether oxygens (including phenoxy) is 1. The summed E-state index contributed by atoms with van der Waals surface area (Å²) in [5.41, 5.74) is -11.7. The molecule has 0 aromatic heterocycles.